The highest BCUT2D eigenvalue weighted by molar-refractivity contribution is 5.14. The average molecular weight is 262 g/mol. The Morgan fingerprint density at radius 2 is 2.00 bits per heavy atom. The van der Waals surface area contributed by atoms with Gasteiger partial charge < -0.3 is 9.72 Å². The van der Waals surface area contributed by atoms with Crippen molar-refractivity contribution >= 4 is 0 Å². The van der Waals surface area contributed by atoms with Gasteiger partial charge in [0.05, 0.1) is 6.07 Å². The Hall–Kier alpha value is -1.32. The Bertz CT molecular complexity index is 507. The van der Waals surface area contributed by atoms with Gasteiger partial charge in [-0.2, -0.15) is 4.98 Å². The Balaban J connectivity index is 1.71. The molecule has 3 rings (SSSR count). The smallest absolute Gasteiger partial charge is 0.254 e. The summed E-state index contributed by atoms with van der Waals surface area (Å²) in [7, 11) is 0. The molecule has 1 heterocycles. The molecule has 0 aliphatic heterocycles. The molecule has 0 aromatic carbocycles. The molecular formula is C15H22N2O2. The van der Waals surface area contributed by atoms with Crippen LogP contribution in [0.4, 0.5) is 0 Å². The van der Waals surface area contributed by atoms with Gasteiger partial charge >= 0.3 is 0 Å². The SMILES string of the molecule is CC1CCC(Oc2cc(=O)[nH]c(C3CC3)n2)CC1C. The van der Waals surface area contributed by atoms with Crippen molar-refractivity contribution in [1.82, 2.24) is 9.97 Å². The van der Waals surface area contributed by atoms with Crippen molar-refractivity contribution in [2.24, 2.45) is 11.8 Å². The van der Waals surface area contributed by atoms with Gasteiger partial charge in [-0.15, -0.1) is 0 Å². The number of nitrogens with one attached hydrogen (secondary N) is 1. The molecule has 4 nitrogen and oxygen atoms in total. The number of rotatable bonds is 3. The third-order valence-electron chi connectivity index (χ3n) is 4.54. The van der Waals surface area contributed by atoms with Gasteiger partial charge in [0.25, 0.3) is 5.56 Å². The molecule has 4 heteroatoms. The third kappa shape index (κ3) is 2.99. The third-order valence-corrected chi connectivity index (χ3v) is 4.54. The van der Waals surface area contributed by atoms with Crippen LogP contribution in [-0.2, 0) is 0 Å². The van der Waals surface area contributed by atoms with Gasteiger partial charge in [-0.25, -0.2) is 0 Å². The minimum Gasteiger partial charge on any atom is -0.474 e. The fourth-order valence-electron chi connectivity index (χ4n) is 2.84. The summed E-state index contributed by atoms with van der Waals surface area (Å²) in [6.07, 6.45) is 5.81. The van der Waals surface area contributed by atoms with E-state index in [9.17, 15) is 4.79 Å². The molecule has 1 aromatic heterocycles. The summed E-state index contributed by atoms with van der Waals surface area (Å²) >= 11 is 0. The van der Waals surface area contributed by atoms with E-state index in [1.165, 1.54) is 12.5 Å². The van der Waals surface area contributed by atoms with E-state index in [1.807, 2.05) is 0 Å². The first-order valence-electron chi connectivity index (χ1n) is 7.39. The maximum Gasteiger partial charge on any atom is 0.254 e. The van der Waals surface area contributed by atoms with Crippen molar-refractivity contribution in [1.29, 1.82) is 0 Å². The summed E-state index contributed by atoms with van der Waals surface area (Å²) in [5.74, 6) is 3.22. The van der Waals surface area contributed by atoms with Crippen molar-refractivity contribution in [2.75, 3.05) is 0 Å². The first-order valence-corrected chi connectivity index (χ1v) is 7.39. The number of ether oxygens (including phenoxy) is 1. The Kier molecular flexibility index (Phi) is 3.33. The van der Waals surface area contributed by atoms with E-state index in [1.54, 1.807) is 0 Å². The lowest BCUT2D eigenvalue weighted by Crippen LogP contribution is -2.29. The van der Waals surface area contributed by atoms with Crippen LogP contribution in [-0.4, -0.2) is 16.1 Å². The van der Waals surface area contributed by atoms with Crippen molar-refractivity contribution in [3.05, 3.63) is 22.2 Å². The van der Waals surface area contributed by atoms with Gasteiger partial charge in [0.1, 0.15) is 11.9 Å². The Morgan fingerprint density at radius 1 is 1.21 bits per heavy atom. The van der Waals surface area contributed by atoms with Crippen LogP contribution in [0, 0.1) is 11.8 Å². The number of aromatic nitrogens is 2. The quantitative estimate of drug-likeness (QED) is 0.911. The lowest BCUT2D eigenvalue weighted by Gasteiger charge is -2.31. The van der Waals surface area contributed by atoms with Crippen LogP contribution in [0.5, 0.6) is 5.88 Å². The molecule has 0 spiro atoms. The van der Waals surface area contributed by atoms with Gasteiger partial charge in [0, 0.05) is 5.92 Å². The molecule has 0 saturated heterocycles. The summed E-state index contributed by atoms with van der Waals surface area (Å²) in [5.41, 5.74) is -0.0934. The lowest BCUT2D eigenvalue weighted by atomic mass is 9.80. The predicted molar refractivity (Wildman–Crippen MR) is 73.4 cm³/mol. The van der Waals surface area contributed by atoms with E-state index in [4.69, 9.17) is 4.74 Å². The maximum absolute atomic E-state index is 11.6. The zero-order valence-corrected chi connectivity index (χ0v) is 11.7. The summed E-state index contributed by atoms with van der Waals surface area (Å²) in [6, 6.07) is 1.48. The minimum absolute atomic E-state index is 0.0934. The van der Waals surface area contributed by atoms with Crippen LogP contribution in [0.25, 0.3) is 0 Å². The van der Waals surface area contributed by atoms with E-state index in [0.29, 0.717) is 17.7 Å². The van der Waals surface area contributed by atoms with E-state index in [2.05, 4.69) is 23.8 Å². The molecule has 2 aliphatic carbocycles. The molecule has 0 amide bonds. The number of H-pyrrole nitrogens is 1. The molecule has 3 atom stereocenters. The van der Waals surface area contributed by atoms with E-state index in [-0.39, 0.29) is 11.7 Å². The van der Waals surface area contributed by atoms with Crippen LogP contribution >= 0.6 is 0 Å². The highest BCUT2D eigenvalue weighted by Crippen LogP contribution is 2.38. The first-order chi connectivity index (χ1) is 9.11. The molecule has 3 unspecified atom stereocenters. The lowest BCUT2D eigenvalue weighted by molar-refractivity contribution is 0.0959. The zero-order chi connectivity index (χ0) is 13.4. The number of nitrogens with zero attached hydrogens (tertiary/aromatic N) is 1. The van der Waals surface area contributed by atoms with Crippen molar-refractivity contribution in [3.63, 3.8) is 0 Å². The molecule has 2 aliphatic rings. The van der Waals surface area contributed by atoms with Gasteiger partial charge in [0.15, 0.2) is 0 Å². The fourth-order valence-corrected chi connectivity index (χ4v) is 2.84. The number of aromatic amines is 1. The molecule has 1 N–H and O–H groups in total. The van der Waals surface area contributed by atoms with Crippen LogP contribution in [0.15, 0.2) is 10.9 Å². The second kappa shape index (κ2) is 4.99. The van der Waals surface area contributed by atoms with Crippen LogP contribution in [0.3, 0.4) is 0 Å². The summed E-state index contributed by atoms with van der Waals surface area (Å²) in [4.78, 5) is 18.9. The van der Waals surface area contributed by atoms with Gasteiger partial charge in [-0.05, 0) is 43.9 Å². The second-order valence-corrected chi connectivity index (χ2v) is 6.25. The highest BCUT2D eigenvalue weighted by Gasteiger charge is 2.28. The van der Waals surface area contributed by atoms with E-state index in [0.717, 1.165) is 37.4 Å². The molecule has 1 aromatic rings. The Labute approximate surface area is 113 Å². The number of hydrogen-bond acceptors (Lipinski definition) is 3. The topological polar surface area (TPSA) is 55.0 Å². The molecule has 2 saturated carbocycles. The Morgan fingerprint density at radius 3 is 2.68 bits per heavy atom. The molecular weight excluding hydrogens is 240 g/mol. The first kappa shape index (κ1) is 12.7. The zero-order valence-electron chi connectivity index (χ0n) is 11.7. The highest BCUT2D eigenvalue weighted by atomic mass is 16.5. The molecule has 2 fully saturated rings. The van der Waals surface area contributed by atoms with Crippen LogP contribution in [0.1, 0.15) is 57.7 Å². The average Bonchev–Trinajstić information content (AvgIpc) is 3.17. The van der Waals surface area contributed by atoms with Crippen molar-refractivity contribution < 1.29 is 4.74 Å². The molecule has 104 valence electrons. The molecule has 0 bridgehead atoms. The largest absolute Gasteiger partial charge is 0.474 e. The predicted octanol–water partition coefficient (Wildman–Crippen LogP) is 2.85. The number of hydrogen-bond donors (Lipinski definition) is 1. The van der Waals surface area contributed by atoms with Gasteiger partial charge in [0.2, 0.25) is 5.88 Å². The van der Waals surface area contributed by atoms with E-state index >= 15 is 0 Å². The summed E-state index contributed by atoms with van der Waals surface area (Å²) in [5, 5.41) is 0. The normalized spacial score (nSPS) is 31.2. The van der Waals surface area contributed by atoms with Crippen molar-refractivity contribution in [3.8, 4) is 5.88 Å². The standard InChI is InChI=1S/C15H22N2O2/c1-9-3-6-12(7-10(9)2)19-14-8-13(18)16-15(17-14)11-4-5-11/h8-12H,3-7H2,1-2H3,(H,16,17,18). The second-order valence-electron chi connectivity index (χ2n) is 6.25. The van der Waals surface area contributed by atoms with E-state index < -0.39 is 0 Å². The summed E-state index contributed by atoms with van der Waals surface area (Å²) in [6.45, 7) is 4.58. The fraction of sp³-hybridized carbons (Fsp3) is 0.733. The molecule has 19 heavy (non-hydrogen) atoms. The minimum atomic E-state index is -0.0934. The van der Waals surface area contributed by atoms with Gasteiger partial charge in [-0.1, -0.05) is 13.8 Å². The summed E-state index contributed by atoms with van der Waals surface area (Å²) < 4.78 is 5.94. The molecule has 0 radical (unpaired) electrons. The van der Waals surface area contributed by atoms with Crippen LogP contribution in [0.2, 0.25) is 0 Å². The maximum atomic E-state index is 11.6. The monoisotopic (exact) mass is 262 g/mol. The van der Waals surface area contributed by atoms with Crippen LogP contribution < -0.4 is 10.3 Å². The van der Waals surface area contributed by atoms with Gasteiger partial charge in [-0.3, -0.25) is 4.79 Å². The van der Waals surface area contributed by atoms with Crippen molar-refractivity contribution in [2.45, 2.75) is 58.0 Å².